The smallest absolute Gasteiger partial charge is 0.328 e. The summed E-state index contributed by atoms with van der Waals surface area (Å²) in [5.74, 6) is -1.91. The Balaban J connectivity index is 2.25. The minimum Gasteiger partial charge on any atom is -0.480 e. The highest BCUT2D eigenvalue weighted by Crippen LogP contribution is 2.34. The van der Waals surface area contributed by atoms with E-state index >= 15 is 0 Å². The van der Waals surface area contributed by atoms with Crippen LogP contribution in [0.1, 0.15) is 23.2 Å². The summed E-state index contributed by atoms with van der Waals surface area (Å²) in [6.07, 6.45) is 3.20. The zero-order chi connectivity index (χ0) is 17.0. The van der Waals surface area contributed by atoms with E-state index in [1.807, 2.05) is 11.9 Å². The SMILES string of the molecule is CN1CCC(N=O)(C(NC(=O)c2cccnc2)C(=O)O)CC1S. The first-order chi connectivity index (χ1) is 10.9. The van der Waals surface area contributed by atoms with Crippen molar-refractivity contribution >= 4 is 24.5 Å². The van der Waals surface area contributed by atoms with Gasteiger partial charge in [0.15, 0.2) is 6.04 Å². The summed E-state index contributed by atoms with van der Waals surface area (Å²) in [6.45, 7) is 0.465. The fraction of sp³-hybridized carbons (Fsp3) is 0.500. The third-order valence-electron chi connectivity index (χ3n) is 4.11. The maximum absolute atomic E-state index is 12.2. The Morgan fingerprint density at radius 1 is 1.61 bits per heavy atom. The third kappa shape index (κ3) is 3.67. The fourth-order valence-corrected chi connectivity index (χ4v) is 3.06. The Hall–Kier alpha value is -2.00. The summed E-state index contributed by atoms with van der Waals surface area (Å²) in [6, 6.07) is 1.66. The molecule has 0 aliphatic carbocycles. The number of aromatic nitrogens is 1. The van der Waals surface area contributed by atoms with E-state index in [-0.39, 0.29) is 23.8 Å². The molecule has 1 aliphatic heterocycles. The molecule has 1 fully saturated rings. The van der Waals surface area contributed by atoms with Crippen LogP contribution < -0.4 is 5.32 Å². The molecular weight excluding hydrogens is 320 g/mol. The molecule has 23 heavy (non-hydrogen) atoms. The molecule has 1 aliphatic rings. The minimum absolute atomic E-state index is 0.139. The van der Waals surface area contributed by atoms with E-state index < -0.39 is 23.5 Å². The maximum Gasteiger partial charge on any atom is 0.328 e. The molecule has 2 heterocycles. The number of thiol groups is 1. The van der Waals surface area contributed by atoms with Crippen molar-refractivity contribution < 1.29 is 14.7 Å². The van der Waals surface area contributed by atoms with E-state index in [1.54, 1.807) is 6.07 Å². The van der Waals surface area contributed by atoms with Crippen molar-refractivity contribution in [3.05, 3.63) is 35.0 Å². The van der Waals surface area contributed by atoms with Crippen LogP contribution >= 0.6 is 12.6 Å². The van der Waals surface area contributed by atoms with Gasteiger partial charge in [-0.2, -0.15) is 17.5 Å². The largest absolute Gasteiger partial charge is 0.480 e. The van der Waals surface area contributed by atoms with Crippen molar-refractivity contribution in [3.8, 4) is 0 Å². The average Bonchev–Trinajstić information content (AvgIpc) is 2.56. The topological polar surface area (TPSA) is 112 Å². The van der Waals surface area contributed by atoms with Crippen LogP contribution in [0.25, 0.3) is 0 Å². The summed E-state index contributed by atoms with van der Waals surface area (Å²) >= 11 is 4.36. The number of carbonyl (C=O) groups is 2. The van der Waals surface area contributed by atoms with Crippen molar-refractivity contribution in [2.24, 2.45) is 5.18 Å². The fourth-order valence-electron chi connectivity index (χ4n) is 2.63. The molecule has 3 atom stereocenters. The molecule has 2 N–H and O–H groups in total. The second-order valence-corrected chi connectivity index (χ2v) is 6.19. The van der Waals surface area contributed by atoms with Gasteiger partial charge in [0, 0.05) is 25.4 Å². The number of pyridine rings is 1. The lowest BCUT2D eigenvalue weighted by Crippen LogP contribution is -2.60. The van der Waals surface area contributed by atoms with Gasteiger partial charge in [-0.25, -0.2) is 4.79 Å². The standard InChI is InChI=1S/C14H18N4O4S/c1-18-6-4-14(17-22,7-10(18)23)11(13(20)21)16-12(19)9-3-2-5-15-8-9/h2-3,5,8,10-11,23H,4,6-7H2,1H3,(H,16,19)(H,20,21). The Labute approximate surface area is 138 Å². The van der Waals surface area contributed by atoms with Crippen LogP contribution in [-0.2, 0) is 4.79 Å². The third-order valence-corrected chi connectivity index (χ3v) is 4.68. The Morgan fingerprint density at radius 3 is 2.87 bits per heavy atom. The molecule has 0 spiro atoms. The monoisotopic (exact) mass is 338 g/mol. The normalized spacial score (nSPS) is 26.3. The van der Waals surface area contributed by atoms with Crippen LogP contribution in [0.4, 0.5) is 0 Å². The summed E-state index contributed by atoms with van der Waals surface area (Å²) in [5, 5.41) is 14.7. The molecule has 1 aromatic heterocycles. The van der Waals surface area contributed by atoms with E-state index in [4.69, 9.17) is 0 Å². The van der Waals surface area contributed by atoms with Crippen LogP contribution in [0.2, 0.25) is 0 Å². The number of amides is 1. The van der Waals surface area contributed by atoms with E-state index in [2.05, 4.69) is 28.1 Å². The number of nitrogens with one attached hydrogen (secondary N) is 1. The van der Waals surface area contributed by atoms with Gasteiger partial charge in [0.1, 0.15) is 5.54 Å². The van der Waals surface area contributed by atoms with Gasteiger partial charge < -0.3 is 10.4 Å². The Bertz CT molecular complexity index is 600. The first-order valence-electron chi connectivity index (χ1n) is 7.06. The van der Waals surface area contributed by atoms with E-state index in [0.717, 1.165) is 0 Å². The molecular formula is C14H18N4O4S. The van der Waals surface area contributed by atoms with Gasteiger partial charge in [-0.15, -0.1) is 0 Å². The zero-order valence-electron chi connectivity index (χ0n) is 12.5. The number of carboxylic acid groups (broad SMARTS) is 1. The van der Waals surface area contributed by atoms with Crippen molar-refractivity contribution in [2.75, 3.05) is 13.6 Å². The number of aliphatic carboxylic acids is 1. The first kappa shape index (κ1) is 17.4. The summed E-state index contributed by atoms with van der Waals surface area (Å²) in [4.78, 5) is 41.1. The Morgan fingerprint density at radius 2 is 2.35 bits per heavy atom. The highest BCUT2D eigenvalue weighted by Gasteiger charge is 2.49. The second kappa shape index (κ2) is 7.05. The van der Waals surface area contributed by atoms with Crippen molar-refractivity contribution in [1.29, 1.82) is 0 Å². The van der Waals surface area contributed by atoms with Crippen LogP contribution in [0, 0.1) is 4.91 Å². The molecule has 1 aromatic rings. The summed E-state index contributed by atoms with van der Waals surface area (Å²) < 4.78 is 0. The number of hydrogen-bond donors (Lipinski definition) is 3. The molecule has 0 bridgehead atoms. The van der Waals surface area contributed by atoms with Gasteiger partial charge in [-0.05, 0) is 25.6 Å². The molecule has 9 heteroatoms. The molecule has 0 radical (unpaired) electrons. The number of piperidine rings is 1. The lowest BCUT2D eigenvalue weighted by Gasteiger charge is -2.42. The van der Waals surface area contributed by atoms with Gasteiger partial charge in [0.05, 0.1) is 10.9 Å². The maximum atomic E-state index is 12.2. The number of nitroso groups, excluding NO2 is 1. The number of carboxylic acids is 1. The van der Waals surface area contributed by atoms with Crippen LogP contribution in [0.3, 0.4) is 0 Å². The summed E-state index contributed by atoms with van der Waals surface area (Å²) in [5.41, 5.74) is -1.21. The number of carbonyl (C=O) groups excluding carboxylic acids is 1. The van der Waals surface area contributed by atoms with Crippen LogP contribution in [0.5, 0.6) is 0 Å². The molecule has 0 saturated carbocycles. The van der Waals surface area contributed by atoms with Gasteiger partial charge in [-0.1, -0.05) is 5.18 Å². The predicted octanol–water partition coefficient (Wildman–Crippen LogP) is 0.751. The molecule has 1 amide bonds. The van der Waals surface area contributed by atoms with Crippen molar-refractivity contribution in [1.82, 2.24) is 15.2 Å². The molecule has 8 nitrogen and oxygen atoms in total. The van der Waals surface area contributed by atoms with E-state index in [9.17, 15) is 19.6 Å². The van der Waals surface area contributed by atoms with Crippen molar-refractivity contribution in [2.45, 2.75) is 29.8 Å². The highest BCUT2D eigenvalue weighted by molar-refractivity contribution is 7.80. The average molecular weight is 338 g/mol. The van der Waals surface area contributed by atoms with E-state index in [0.29, 0.717) is 6.54 Å². The quantitative estimate of drug-likeness (QED) is 0.539. The van der Waals surface area contributed by atoms with Crippen LogP contribution in [-0.4, -0.2) is 57.4 Å². The zero-order valence-corrected chi connectivity index (χ0v) is 13.4. The van der Waals surface area contributed by atoms with Crippen molar-refractivity contribution in [3.63, 3.8) is 0 Å². The van der Waals surface area contributed by atoms with Gasteiger partial charge >= 0.3 is 5.97 Å². The first-order valence-corrected chi connectivity index (χ1v) is 7.58. The lowest BCUT2D eigenvalue weighted by molar-refractivity contribution is -0.141. The Kier molecular flexibility index (Phi) is 5.32. The highest BCUT2D eigenvalue weighted by atomic mass is 32.1. The summed E-state index contributed by atoms with van der Waals surface area (Å²) in [7, 11) is 1.83. The number of hydrogen-bond acceptors (Lipinski definition) is 7. The second-order valence-electron chi connectivity index (χ2n) is 5.60. The lowest BCUT2D eigenvalue weighted by atomic mass is 9.81. The van der Waals surface area contributed by atoms with E-state index in [1.165, 1.54) is 18.5 Å². The minimum atomic E-state index is -1.43. The van der Waals surface area contributed by atoms with Gasteiger partial charge in [0.2, 0.25) is 0 Å². The molecule has 3 unspecified atom stereocenters. The van der Waals surface area contributed by atoms with Crippen LogP contribution in [0.15, 0.2) is 29.7 Å². The number of rotatable bonds is 5. The molecule has 1 saturated heterocycles. The van der Waals surface area contributed by atoms with Gasteiger partial charge in [0.25, 0.3) is 5.91 Å². The molecule has 0 aromatic carbocycles. The number of nitrogens with zero attached hydrogens (tertiary/aromatic N) is 3. The molecule has 2 rings (SSSR count). The van der Waals surface area contributed by atoms with Gasteiger partial charge in [-0.3, -0.25) is 14.7 Å². The number of likely N-dealkylation sites (tertiary alicyclic amines) is 1. The molecule has 124 valence electrons. The predicted molar refractivity (Wildman–Crippen MR) is 86.3 cm³/mol.